The molecule has 0 saturated carbocycles. The molecule has 0 radical (unpaired) electrons. The van der Waals surface area contributed by atoms with Gasteiger partial charge in [0, 0.05) is 6.54 Å². The maximum Gasteiger partial charge on any atom is 0.170 e. The zero-order valence-corrected chi connectivity index (χ0v) is 13.4. The van der Waals surface area contributed by atoms with Gasteiger partial charge in [-0.3, -0.25) is 4.90 Å². The van der Waals surface area contributed by atoms with Crippen LogP contribution >= 0.6 is 0 Å². The number of hydrogen-bond donors (Lipinski definition) is 1. The van der Waals surface area contributed by atoms with E-state index in [4.69, 9.17) is 0 Å². The van der Waals surface area contributed by atoms with Gasteiger partial charge in [0.05, 0.1) is 18.3 Å². The Hall–Kier alpha value is -1.79. The van der Waals surface area contributed by atoms with Crippen LogP contribution < -0.4 is 0 Å². The molecular formula is C16H23N5O. The van der Waals surface area contributed by atoms with Crippen molar-refractivity contribution in [3.8, 4) is 5.69 Å². The molecule has 2 atom stereocenters. The first-order chi connectivity index (χ1) is 10.6. The Morgan fingerprint density at radius 1 is 1.32 bits per heavy atom. The second-order valence-corrected chi connectivity index (χ2v) is 6.27. The van der Waals surface area contributed by atoms with Crippen LogP contribution in [0.3, 0.4) is 0 Å². The van der Waals surface area contributed by atoms with E-state index in [1.807, 2.05) is 17.7 Å². The van der Waals surface area contributed by atoms with Crippen LogP contribution in [-0.2, 0) is 6.54 Å². The van der Waals surface area contributed by atoms with Gasteiger partial charge in [-0.15, -0.1) is 5.10 Å². The fraction of sp³-hybridized carbons (Fsp3) is 0.562. The van der Waals surface area contributed by atoms with E-state index in [-0.39, 0.29) is 6.10 Å². The fourth-order valence-corrected chi connectivity index (χ4v) is 3.22. The van der Waals surface area contributed by atoms with E-state index in [0.717, 1.165) is 42.1 Å². The molecule has 0 bridgehead atoms. The minimum absolute atomic E-state index is 0.250. The van der Waals surface area contributed by atoms with Crippen LogP contribution in [0, 0.1) is 19.8 Å². The van der Waals surface area contributed by atoms with Crippen LogP contribution in [0.5, 0.6) is 0 Å². The Morgan fingerprint density at radius 3 is 2.68 bits per heavy atom. The van der Waals surface area contributed by atoms with Crippen molar-refractivity contribution in [2.45, 2.75) is 39.8 Å². The van der Waals surface area contributed by atoms with Gasteiger partial charge in [-0.1, -0.05) is 18.2 Å². The van der Waals surface area contributed by atoms with E-state index in [9.17, 15) is 5.11 Å². The predicted molar refractivity (Wildman–Crippen MR) is 83.7 cm³/mol. The average Bonchev–Trinajstić information content (AvgIpc) is 3.09. The van der Waals surface area contributed by atoms with Gasteiger partial charge >= 0.3 is 0 Å². The van der Waals surface area contributed by atoms with Crippen LogP contribution in [0.25, 0.3) is 5.69 Å². The SMILES string of the molecule is Cc1cccc(C)c1-n1nnnc1CN1CCC(C(C)O)C1. The van der Waals surface area contributed by atoms with E-state index in [1.165, 1.54) is 0 Å². The molecule has 6 heteroatoms. The molecule has 2 unspecified atom stereocenters. The summed E-state index contributed by atoms with van der Waals surface area (Å²) in [6.45, 7) is 8.62. The number of aliphatic hydroxyl groups excluding tert-OH is 1. The second-order valence-electron chi connectivity index (χ2n) is 6.27. The number of aryl methyl sites for hydroxylation is 2. The van der Waals surface area contributed by atoms with Crippen molar-refractivity contribution in [2.75, 3.05) is 13.1 Å². The lowest BCUT2D eigenvalue weighted by molar-refractivity contribution is 0.127. The molecule has 3 rings (SSSR count). The summed E-state index contributed by atoms with van der Waals surface area (Å²) in [5, 5.41) is 22.0. The van der Waals surface area contributed by atoms with Gasteiger partial charge in [-0.2, -0.15) is 4.68 Å². The van der Waals surface area contributed by atoms with Gasteiger partial charge in [0.2, 0.25) is 0 Å². The van der Waals surface area contributed by atoms with E-state index in [2.05, 4.69) is 46.4 Å². The van der Waals surface area contributed by atoms with Gasteiger partial charge < -0.3 is 5.11 Å². The van der Waals surface area contributed by atoms with Gasteiger partial charge in [0.25, 0.3) is 0 Å². The largest absolute Gasteiger partial charge is 0.393 e. The summed E-state index contributed by atoms with van der Waals surface area (Å²) in [4.78, 5) is 2.31. The average molecular weight is 301 g/mol. The van der Waals surface area contributed by atoms with Crippen LogP contribution in [0.2, 0.25) is 0 Å². The molecule has 1 aliphatic heterocycles. The highest BCUT2D eigenvalue weighted by atomic mass is 16.3. The molecule has 2 aromatic rings. The number of likely N-dealkylation sites (tertiary alicyclic amines) is 1. The third kappa shape index (κ3) is 2.89. The smallest absolute Gasteiger partial charge is 0.170 e. The molecule has 0 amide bonds. The number of para-hydroxylation sites is 1. The van der Waals surface area contributed by atoms with Gasteiger partial charge in [0.1, 0.15) is 0 Å². The third-order valence-electron chi connectivity index (χ3n) is 4.54. The molecule has 22 heavy (non-hydrogen) atoms. The van der Waals surface area contributed by atoms with E-state index in [0.29, 0.717) is 12.5 Å². The standard InChI is InChI=1S/C16H23N5O/c1-11-5-4-6-12(2)16(11)21-15(17-18-19-21)10-20-8-7-14(9-20)13(3)22/h4-6,13-14,22H,7-10H2,1-3H3. The van der Waals surface area contributed by atoms with Crippen LogP contribution in [0.4, 0.5) is 0 Å². The Balaban J connectivity index is 1.82. The van der Waals surface area contributed by atoms with Crippen LogP contribution in [-0.4, -0.2) is 49.4 Å². The summed E-state index contributed by atoms with van der Waals surface area (Å²) < 4.78 is 1.85. The molecule has 6 nitrogen and oxygen atoms in total. The molecule has 0 spiro atoms. The molecule has 1 aromatic heterocycles. The Labute approximate surface area is 130 Å². The molecule has 1 aromatic carbocycles. The van der Waals surface area contributed by atoms with Crippen molar-refractivity contribution in [2.24, 2.45) is 5.92 Å². The molecule has 1 fully saturated rings. The zero-order valence-electron chi connectivity index (χ0n) is 13.4. The number of hydrogen-bond acceptors (Lipinski definition) is 5. The monoisotopic (exact) mass is 301 g/mol. The minimum Gasteiger partial charge on any atom is -0.393 e. The van der Waals surface area contributed by atoms with Crippen molar-refractivity contribution < 1.29 is 5.11 Å². The Bertz CT molecular complexity index is 631. The summed E-state index contributed by atoms with van der Waals surface area (Å²) in [6.07, 6.45) is 0.780. The zero-order chi connectivity index (χ0) is 15.7. The van der Waals surface area contributed by atoms with Gasteiger partial charge in [-0.05, 0) is 61.2 Å². The highest BCUT2D eigenvalue weighted by Gasteiger charge is 2.27. The topological polar surface area (TPSA) is 67.1 Å². The van der Waals surface area contributed by atoms with E-state index >= 15 is 0 Å². The molecule has 0 aliphatic carbocycles. The molecule has 2 heterocycles. The third-order valence-corrected chi connectivity index (χ3v) is 4.54. The van der Waals surface area contributed by atoms with Crippen molar-refractivity contribution in [1.29, 1.82) is 0 Å². The van der Waals surface area contributed by atoms with Crippen molar-refractivity contribution in [3.05, 3.63) is 35.2 Å². The lowest BCUT2D eigenvalue weighted by Crippen LogP contribution is -2.25. The lowest BCUT2D eigenvalue weighted by Gasteiger charge is -2.17. The maximum atomic E-state index is 9.73. The molecule has 118 valence electrons. The van der Waals surface area contributed by atoms with Crippen molar-refractivity contribution in [3.63, 3.8) is 0 Å². The Morgan fingerprint density at radius 2 is 2.05 bits per heavy atom. The maximum absolute atomic E-state index is 9.73. The molecule has 1 saturated heterocycles. The number of benzene rings is 1. The van der Waals surface area contributed by atoms with E-state index in [1.54, 1.807) is 0 Å². The Kier molecular flexibility index (Phi) is 4.22. The second kappa shape index (κ2) is 6.14. The minimum atomic E-state index is -0.250. The van der Waals surface area contributed by atoms with Gasteiger partial charge in [-0.25, -0.2) is 0 Å². The first kappa shape index (κ1) is 15.1. The number of nitrogens with zero attached hydrogens (tertiary/aromatic N) is 5. The van der Waals surface area contributed by atoms with E-state index < -0.39 is 0 Å². The normalized spacial score (nSPS) is 20.5. The summed E-state index contributed by atoms with van der Waals surface area (Å²) in [5.74, 6) is 1.20. The van der Waals surface area contributed by atoms with Crippen molar-refractivity contribution in [1.82, 2.24) is 25.1 Å². The first-order valence-electron chi connectivity index (χ1n) is 7.80. The van der Waals surface area contributed by atoms with Crippen LogP contribution in [0.15, 0.2) is 18.2 Å². The summed E-state index contributed by atoms with van der Waals surface area (Å²) >= 11 is 0. The predicted octanol–water partition coefficient (Wildman–Crippen LogP) is 1.48. The molecule has 1 aliphatic rings. The number of aliphatic hydroxyl groups is 1. The van der Waals surface area contributed by atoms with Crippen molar-refractivity contribution >= 4 is 0 Å². The highest BCUT2D eigenvalue weighted by Crippen LogP contribution is 2.23. The number of tetrazole rings is 1. The summed E-state index contributed by atoms with van der Waals surface area (Å²) in [7, 11) is 0. The van der Waals surface area contributed by atoms with Crippen LogP contribution in [0.1, 0.15) is 30.3 Å². The highest BCUT2D eigenvalue weighted by molar-refractivity contribution is 5.46. The first-order valence-corrected chi connectivity index (χ1v) is 7.80. The number of rotatable bonds is 4. The summed E-state index contributed by atoms with van der Waals surface area (Å²) in [6, 6.07) is 6.20. The fourth-order valence-electron chi connectivity index (χ4n) is 3.22. The molecule has 1 N–H and O–H groups in total. The summed E-state index contributed by atoms with van der Waals surface area (Å²) in [5.41, 5.74) is 3.39. The quantitative estimate of drug-likeness (QED) is 0.926. The number of aromatic nitrogens is 4. The molecular weight excluding hydrogens is 278 g/mol. The van der Waals surface area contributed by atoms with Gasteiger partial charge in [0.15, 0.2) is 5.82 Å². The lowest BCUT2D eigenvalue weighted by atomic mass is 10.0.